The predicted molar refractivity (Wildman–Crippen MR) is 85.8 cm³/mol. The van der Waals surface area contributed by atoms with E-state index in [0.717, 1.165) is 5.56 Å². The summed E-state index contributed by atoms with van der Waals surface area (Å²) in [5.41, 5.74) is 6.09. The molecule has 7 heteroatoms. The Balaban J connectivity index is 3.10. The Morgan fingerprint density at radius 1 is 1.18 bits per heavy atom. The van der Waals surface area contributed by atoms with Gasteiger partial charge in [0.2, 0.25) is 0 Å². The molecule has 0 aliphatic carbocycles. The molecule has 0 spiro atoms. The smallest absolute Gasteiger partial charge is 0.345 e. The van der Waals surface area contributed by atoms with E-state index in [2.05, 4.69) is 0 Å². The number of rotatable bonds is 9. The van der Waals surface area contributed by atoms with Gasteiger partial charge in [-0.1, -0.05) is 12.1 Å². The van der Waals surface area contributed by atoms with Crippen molar-refractivity contribution in [2.75, 3.05) is 25.6 Å². The van der Waals surface area contributed by atoms with Crippen LogP contribution in [0.3, 0.4) is 0 Å². The Hall–Kier alpha value is -1.36. The van der Waals surface area contributed by atoms with Gasteiger partial charge in [0.05, 0.1) is 19.8 Å². The summed E-state index contributed by atoms with van der Waals surface area (Å²) in [6.07, 6.45) is 0.182. The summed E-state index contributed by atoms with van der Waals surface area (Å²) in [5.74, 6) is -0.588. The first-order chi connectivity index (χ1) is 10.5. The Labute approximate surface area is 131 Å². The van der Waals surface area contributed by atoms with Gasteiger partial charge in [0.15, 0.2) is 5.66 Å². The van der Waals surface area contributed by atoms with Crippen molar-refractivity contribution in [3.8, 4) is 0 Å². The van der Waals surface area contributed by atoms with Gasteiger partial charge in [0, 0.05) is 5.69 Å². The maximum atomic E-state index is 12.9. The van der Waals surface area contributed by atoms with Crippen LogP contribution in [-0.4, -0.2) is 31.4 Å². The molecule has 0 bridgehead atoms. The fraction of sp³-hybridized carbons (Fsp3) is 0.533. The second kappa shape index (κ2) is 8.93. The van der Waals surface area contributed by atoms with Crippen molar-refractivity contribution in [2.45, 2.75) is 32.9 Å². The highest BCUT2D eigenvalue weighted by Gasteiger charge is 2.42. The van der Waals surface area contributed by atoms with Gasteiger partial charge in [-0.3, -0.25) is 9.36 Å². The lowest BCUT2D eigenvalue weighted by atomic mass is 10.1. The molecule has 0 aromatic heterocycles. The molecule has 1 aromatic carbocycles. The Morgan fingerprint density at radius 3 is 2.32 bits per heavy atom. The van der Waals surface area contributed by atoms with Gasteiger partial charge in [0.25, 0.3) is 0 Å². The molecule has 22 heavy (non-hydrogen) atoms. The topological polar surface area (TPSA) is 87.9 Å². The van der Waals surface area contributed by atoms with Crippen molar-refractivity contribution in [2.24, 2.45) is 0 Å². The monoisotopic (exact) mass is 329 g/mol. The van der Waals surface area contributed by atoms with Crippen LogP contribution < -0.4 is 5.73 Å². The van der Waals surface area contributed by atoms with Gasteiger partial charge in [-0.25, -0.2) is 0 Å². The number of carbonyl (C=O) groups is 1. The molecule has 1 atom stereocenters. The quantitative estimate of drug-likeness (QED) is 0.426. The van der Waals surface area contributed by atoms with Crippen molar-refractivity contribution in [1.82, 2.24) is 0 Å². The molecule has 0 amide bonds. The highest BCUT2D eigenvalue weighted by atomic mass is 31.2. The zero-order valence-corrected chi connectivity index (χ0v) is 14.2. The van der Waals surface area contributed by atoms with Crippen LogP contribution in [0, 0.1) is 0 Å². The summed E-state index contributed by atoms with van der Waals surface area (Å²) in [7, 11) is -3.61. The van der Waals surface area contributed by atoms with E-state index in [0.29, 0.717) is 5.69 Å². The molecule has 1 rings (SSSR count). The van der Waals surface area contributed by atoms with Crippen LogP contribution in [-0.2, 0) is 29.6 Å². The fourth-order valence-corrected chi connectivity index (χ4v) is 4.00. The van der Waals surface area contributed by atoms with Crippen LogP contribution in [0.1, 0.15) is 26.3 Å². The van der Waals surface area contributed by atoms with Crippen LogP contribution in [0.25, 0.3) is 0 Å². The third-order valence-electron chi connectivity index (χ3n) is 2.94. The molecule has 1 aromatic rings. The van der Waals surface area contributed by atoms with Gasteiger partial charge in [-0.2, -0.15) is 0 Å². The highest BCUT2D eigenvalue weighted by Crippen LogP contribution is 2.54. The second-order valence-electron chi connectivity index (χ2n) is 4.59. The van der Waals surface area contributed by atoms with Gasteiger partial charge in [-0.15, -0.1) is 0 Å². The molecule has 0 heterocycles. The van der Waals surface area contributed by atoms with Gasteiger partial charge < -0.3 is 19.5 Å². The number of benzene rings is 1. The maximum absolute atomic E-state index is 12.9. The SMILES string of the molecule is CCOC(=O)C(Cc1cccc(N)c1)P(=O)(OCC)OCC. The Bertz CT molecular complexity index is 524. The molecule has 0 saturated carbocycles. The number of hydrogen-bond donors (Lipinski definition) is 1. The molecule has 0 aliphatic rings. The summed E-state index contributed by atoms with van der Waals surface area (Å²) in [6, 6.07) is 7.06. The normalized spacial score (nSPS) is 12.9. The van der Waals surface area contributed by atoms with Crippen molar-refractivity contribution in [3.05, 3.63) is 29.8 Å². The van der Waals surface area contributed by atoms with Gasteiger partial charge in [-0.05, 0) is 44.9 Å². The molecule has 0 radical (unpaired) electrons. The number of ether oxygens (including phenoxy) is 1. The van der Waals surface area contributed by atoms with Crippen LogP contribution in [0.4, 0.5) is 5.69 Å². The van der Waals surface area contributed by atoms with Gasteiger partial charge in [0.1, 0.15) is 0 Å². The summed E-state index contributed by atoms with van der Waals surface area (Å²) in [5, 5.41) is 0. The largest absolute Gasteiger partial charge is 0.465 e. The molecule has 1 unspecified atom stereocenters. The van der Waals surface area contributed by atoms with Crippen LogP contribution in [0.5, 0.6) is 0 Å². The second-order valence-corrected chi connectivity index (χ2v) is 6.81. The fourth-order valence-electron chi connectivity index (χ4n) is 2.08. The van der Waals surface area contributed by atoms with Gasteiger partial charge >= 0.3 is 13.6 Å². The minimum atomic E-state index is -3.61. The lowest BCUT2D eigenvalue weighted by molar-refractivity contribution is -0.143. The number of nitrogens with two attached hydrogens (primary N) is 1. The number of carbonyl (C=O) groups excluding carboxylic acids is 1. The van der Waals surface area contributed by atoms with E-state index < -0.39 is 19.2 Å². The molecular weight excluding hydrogens is 305 g/mol. The third kappa shape index (κ3) is 5.13. The van der Waals surface area contributed by atoms with E-state index in [1.54, 1.807) is 39.0 Å². The Kier molecular flexibility index (Phi) is 7.59. The average Bonchev–Trinajstić information content (AvgIpc) is 2.45. The standard InChI is InChI=1S/C15H24NO5P/c1-4-19-15(17)14(22(18,20-5-2)21-6-3)11-12-8-7-9-13(16)10-12/h7-10,14H,4-6,11,16H2,1-3H3. The van der Waals surface area contributed by atoms with E-state index in [1.165, 1.54) is 0 Å². The van der Waals surface area contributed by atoms with Crippen molar-refractivity contribution >= 4 is 19.3 Å². The van der Waals surface area contributed by atoms with Crippen molar-refractivity contribution in [3.63, 3.8) is 0 Å². The first-order valence-electron chi connectivity index (χ1n) is 7.36. The zero-order chi connectivity index (χ0) is 16.6. The van der Waals surface area contributed by atoms with Crippen LogP contribution >= 0.6 is 7.60 Å². The highest BCUT2D eigenvalue weighted by molar-refractivity contribution is 7.55. The van der Waals surface area contributed by atoms with E-state index >= 15 is 0 Å². The lowest BCUT2D eigenvalue weighted by Crippen LogP contribution is -2.28. The molecule has 2 N–H and O–H groups in total. The molecular formula is C15H24NO5P. The van der Waals surface area contributed by atoms with Crippen molar-refractivity contribution in [1.29, 1.82) is 0 Å². The number of hydrogen-bond acceptors (Lipinski definition) is 6. The minimum absolute atomic E-state index is 0.182. The minimum Gasteiger partial charge on any atom is -0.465 e. The summed E-state index contributed by atoms with van der Waals surface area (Å²) < 4.78 is 28.6. The first-order valence-corrected chi connectivity index (χ1v) is 8.97. The summed E-state index contributed by atoms with van der Waals surface area (Å²) in [6.45, 7) is 5.67. The van der Waals surface area contributed by atoms with Crippen molar-refractivity contribution < 1.29 is 23.1 Å². The average molecular weight is 329 g/mol. The Morgan fingerprint density at radius 2 is 1.82 bits per heavy atom. The number of esters is 1. The van der Waals surface area contributed by atoms with E-state index in [4.69, 9.17) is 19.5 Å². The summed E-state index contributed by atoms with van der Waals surface area (Å²) in [4.78, 5) is 12.2. The molecule has 0 aliphatic heterocycles. The predicted octanol–water partition coefficient (Wildman–Crippen LogP) is 3.01. The van der Waals surface area contributed by atoms with Crippen LogP contribution in [0.2, 0.25) is 0 Å². The number of anilines is 1. The maximum Gasteiger partial charge on any atom is 0.345 e. The zero-order valence-electron chi connectivity index (χ0n) is 13.3. The molecule has 0 fully saturated rings. The van der Waals surface area contributed by atoms with E-state index in [-0.39, 0.29) is 26.2 Å². The molecule has 6 nitrogen and oxygen atoms in total. The number of nitrogen functional groups attached to an aromatic ring is 1. The van der Waals surface area contributed by atoms with E-state index in [9.17, 15) is 9.36 Å². The van der Waals surface area contributed by atoms with Crippen LogP contribution in [0.15, 0.2) is 24.3 Å². The third-order valence-corrected chi connectivity index (χ3v) is 5.33. The summed E-state index contributed by atoms with van der Waals surface area (Å²) >= 11 is 0. The molecule has 124 valence electrons. The lowest BCUT2D eigenvalue weighted by Gasteiger charge is -2.25. The molecule has 0 saturated heterocycles. The first kappa shape index (κ1) is 18.7. The van der Waals surface area contributed by atoms with E-state index in [1.807, 2.05) is 6.07 Å².